The predicted octanol–water partition coefficient (Wildman–Crippen LogP) is 2.60. The number of methoxy groups -OCH3 is 1. The van der Waals surface area contributed by atoms with Gasteiger partial charge in [0, 0.05) is 30.2 Å². The number of hydrogen-bond donors (Lipinski definition) is 1. The smallest absolute Gasteiger partial charge is 0.119 e. The number of ether oxygens (including phenoxy) is 1. The summed E-state index contributed by atoms with van der Waals surface area (Å²) in [6, 6.07) is 6.35. The van der Waals surface area contributed by atoms with Crippen LogP contribution >= 0.6 is 0 Å². The molecule has 1 aromatic heterocycles. The molecule has 1 atom stereocenters. The molecule has 3 rings (SSSR count). The van der Waals surface area contributed by atoms with Gasteiger partial charge in [-0.05, 0) is 42.5 Å². The molecule has 1 fully saturated rings. The van der Waals surface area contributed by atoms with E-state index in [1.54, 1.807) is 7.11 Å². The summed E-state index contributed by atoms with van der Waals surface area (Å²) in [5, 5.41) is 1.23. The van der Waals surface area contributed by atoms with Crippen molar-refractivity contribution in [3.63, 3.8) is 0 Å². The number of aromatic nitrogens is 1. The fraction of sp³-hybridized carbons (Fsp3) is 0.429. The van der Waals surface area contributed by atoms with Crippen LogP contribution in [-0.4, -0.2) is 11.7 Å². The summed E-state index contributed by atoms with van der Waals surface area (Å²) in [6.45, 7) is 0. The molecule has 0 spiro atoms. The topological polar surface area (TPSA) is 40.2 Å². The lowest BCUT2D eigenvalue weighted by Crippen LogP contribution is -2.11. The summed E-state index contributed by atoms with van der Waals surface area (Å²) < 4.78 is 7.44. The van der Waals surface area contributed by atoms with Crippen LogP contribution in [0.25, 0.3) is 10.9 Å². The Morgan fingerprint density at radius 1 is 1.41 bits per heavy atom. The molecule has 3 heteroatoms. The van der Waals surface area contributed by atoms with Crippen LogP contribution in [-0.2, 0) is 7.05 Å². The second-order valence-electron chi connectivity index (χ2n) is 4.94. The van der Waals surface area contributed by atoms with E-state index in [1.165, 1.54) is 29.3 Å². The first kappa shape index (κ1) is 10.7. The van der Waals surface area contributed by atoms with E-state index in [0.717, 1.165) is 5.75 Å². The molecule has 1 aliphatic rings. The molecular weight excluding hydrogens is 212 g/mol. The van der Waals surface area contributed by atoms with Crippen LogP contribution in [0.4, 0.5) is 0 Å². The largest absolute Gasteiger partial charge is 0.497 e. The molecule has 90 valence electrons. The highest BCUT2D eigenvalue weighted by Gasteiger charge is 2.31. The van der Waals surface area contributed by atoms with Gasteiger partial charge >= 0.3 is 0 Å². The van der Waals surface area contributed by atoms with Crippen molar-refractivity contribution in [3.8, 4) is 5.75 Å². The molecule has 0 bridgehead atoms. The van der Waals surface area contributed by atoms with Gasteiger partial charge in [-0.3, -0.25) is 0 Å². The summed E-state index contributed by atoms with van der Waals surface area (Å²) in [7, 11) is 3.77. The van der Waals surface area contributed by atoms with E-state index in [-0.39, 0.29) is 6.04 Å². The SMILES string of the molecule is COc1ccc2c(c1)c(C(N)C1CC1)cn2C. The maximum Gasteiger partial charge on any atom is 0.119 e. The van der Waals surface area contributed by atoms with E-state index in [2.05, 4.69) is 29.9 Å². The molecule has 0 saturated heterocycles. The standard InChI is InChI=1S/C14H18N2O/c1-16-8-12(14(15)9-3-4-9)11-7-10(17-2)5-6-13(11)16/h5-9,14H,3-4,15H2,1-2H3. The zero-order valence-corrected chi connectivity index (χ0v) is 10.3. The van der Waals surface area contributed by atoms with E-state index in [4.69, 9.17) is 10.5 Å². The van der Waals surface area contributed by atoms with Gasteiger partial charge in [-0.1, -0.05) is 0 Å². The highest BCUT2D eigenvalue weighted by Crippen LogP contribution is 2.42. The van der Waals surface area contributed by atoms with Crippen molar-refractivity contribution in [1.29, 1.82) is 0 Å². The minimum atomic E-state index is 0.172. The molecule has 0 amide bonds. The van der Waals surface area contributed by atoms with Gasteiger partial charge in [0.1, 0.15) is 5.75 Å². The molecule has 2 aromatic rings. The number of rotatable bonds is 3. The average molecular weight is 230 g/mol. The number of benzene rings is 1. The van der Waals surface area contributed by atoms with Crippen LogP contribution in [0.1, 0.15) is 24.4 Å². The summed E-state index contributed by atoms with van der Waals surface area (Å²) in [5.74, 6) is 1.57. The van der Waals surface area contributed by atoms with Crippen molar-refractivity contribution >= 4 is 10.9 Å². The summed E-state index contributed by atoms with van der Waals surface area (Å²) in [5.41, 5.74) is 8.79. The number of hydrogen-bond acceptors (Lipinski definition) is 2. The Morgan fingerprint density at radius 2 is 2.18 bits per heavy atom. The maximum absolute atomic E-state index is 6.32. The quantitative estimate of drug-likeness (QED) is 0.880. The molecule has 1 heterocycles. The monoisotopic (exact) mass is 230 g/mol. The van der Waals surface area contributed by atoms with Crippen LogP contribution in [0, 0.1) is 5.92 Å². The fourth-order valence-electron chi connectivity index (χ4n) is 2.50. The first-order valence-electron chi connectivity index (χ1n) is 6.09. The van der Waals surface area contributed by atoms with Crippen molar-refractivity contribution in [1.82, 2.24) is 4.57 Å². The Labute approximate surface area is 101 Å². The lowest BCUT2D eigenvalue weighted by atomic mass is 10.0. The normalized spacial score (nSPS) is 17.4. The van der Waals surface area contributed by atoms with Gasteiger partial charge in [-0.15, -0.1) is 0 Å². The number of fused-ring (bicyclic) bond motifs is 1. The summed E-state index contributed by atoms with van der Waals surface area (Å²) >= 11 is 0. The summed E-state index contributed by atoms with van der Waals surface area (Å²) in [6.07, 6.45) is 4.69. The van der Waals surface area contributed by atoms with E-state index >= 15 is 0 Å². The molecule has 1 aliphatic carbocycles. The van der Waals surface area contributed by atoms with Crippen LogP contribution < -0.4 is 10.5 Å². The molecule has 1 aromatic carbocycles. The zero-order valence-electron chi connectivity index (χ0n) is 10.3. The maximum atomic E-state index is 6.32. The van der Waals surface area contributed by atoms with Crippen molar-refractivity contribution in [2.24, 2.45) is 18.7 Å². The van der Waals surface area contributed by atoms with Crippen molar-refractivity contribution in [2.45, 2.75) is 18.9 Å². The third kappa shape index (κ3) is 1.71. The van der Waals surface area contributed by atoms with Gasteiger partial charge < -0.3 is 15.0 Å². The molecule has 1 unspecified atom stereocenters. The van der Waals surface area contributed by atoms with E-state index in [0.29, 0.717) is 5.92 Å². The van der Waals surface area contributed by atoms with Crippen molar-refractivity contribution in [3.05, 3.63) is 30.0 Å². The van der Waals surface area contributed by atoms with Gasteiger partial charge in [0.25, 0.3) is 0 Å². The Balaban J connectivity index is 2.15. The summed E-state index contributed by atoms with van der Waals surface area (Å²) in [4.78, 5) is 0. The minimum absolute atomic E-state index is 0.172. The first-order chi connectivity index (χ1) is 8.20. The molecule has 2 N–H and O–H groups in total. The lowest BCUT2D eigenvalue weighted by molar-refractivity contribution is 0.415. The third-order valence-electron chi connectivity index (χ3n) is 3.72. The zero-order chi connectivity index (χ0) is 12.0. The Hall–Kier alpha value is -1.48. The predicted molar refractivity (Wildman–Crippen MR) is 69.1 cm³/mol. The lowest BCUT2D eigenvalue weighted by Gasteiger charge is -2.09. The van der Waals surface area contributed by atoms with Gasteiger partial charge in [-0.2, -0.15) is 0 Å². The highest BCUT2D eigenvalue weighted by molar-refractivity contribution is 5.86. The Kier molecular flexibility index (Phi) is 2.37. The van der Waals surface area contributed by atoms with Crippen LogP contribution in [0.5, 0.6) is 5.75 Å². The molecule has 3 nitrogen and oxygen atoms in total. The van der Waals surface area contributed by atoms with E-state index in [9.17, 15) is 0 Å². The van der Waals surface area contributed by atoms with Crippen LogP contribution in [0.2, 0.25) is 0 Å². The molecule has 1 saturated carbocycles. The van der Waals surface area contributed by atoms with Crippen LogP contribution in [0.3, 0.4) is 0 Å². The minimum Gasteiger partial charge on any atom is -0.497 e. The molecular formula is C14H18N2O. The fourth-order valence-corrected chi connectivity index (χ4v) is 2.50. The van der Waals surface area contributed by atoms with Gasteiger partial charge in [0.2, 0.25) is 0 Å². The molecule has 0 radical (unpaired) electrons. The Bertz CT molecular complexity index is 555. The van der Waals surface area contributed by atoms with Gasteiger partial charge in [0.15, 0.2) is 0 Å². The van der Waals surface area contributed by atoms with E-state index in [1.807, 2.05) is 6.07 Å². The second kappa shape index (κ2) is 3.77. The highest BCUT2D eigenvalue weighted by atomic mass is 16.5. The average Bonchev–Trinajstić information content (AvgIpc) is 3.14. The Morgan fingerprint density at radius 3 is 2.82 bits per heavy atom. The third-order valence-corrected chi connectivity index (χ3v) is 3.72. The van der Waals surface area contributed by atoms with E-state index < -0.39 is 0 Å². The number of nitrogens with zero attached hydrogens (tertiary/aromatic N) is 1. The second-order valence-corrected chi connectivity index (χ2v) is 4.94. The first-order valence-corrected chi connectivity index (χ1v) is 6.09. The van der Waals surface area contributed by atoms with Crippen LogP contribution in [0.15, 0.2) is 24.4 Å². The van der Waals surface area contributed by atoms with Crippen molar-refractivity contribution < 1.29 is 4.74 Å². The van der Waals surface area contributed by atoms with Crippen molar-refractivity contribution in [2.75, 3.05) is 7.11 Å². The van der Waals surface area contributed by atoms with Gasteiger partial charge in [0.05, 0.1) is 7.11 Å². The number of aryl methyl sites for hydroxylation is 1. The molecule has 17 heavy (non-hydrogen) atoms. The van der Waals surface area contributed by atoms with Gasteiger partial charge in [-0.25, -0.2) is 0 Å². The number of nitrogens with two attached hydrogens (primary N) is 1. The molecule has 0 aliphatic heterocycles.